The number of aliphatic carboxylic acids is 1. The van der Waals surface area contributed by atoms with Gasteiger partial charge in [0.1, 0.15) is 11.9 Å². The summed E-state index contributed by atoms with van der Waals surface area (Å²) in [5, 5.41) is 14.8. The summed E-state index contributed by atoms with van der Waals surface area (Å²) >= 11 is 0. The van der Waals surface area contributed by atoms with Crippen molar-refractivity contribution in [3.05, 3.63) is 11.9 Å². The van der Waals surface area contributed by atoms with E-state index < -0.39 is 5.97 Å². The van der Waals surface area contributed by atoms with E-state index in [1.54, 1.807) is 6.20 Å². The Balaban J connectivity index is 2.09. The van der Waals surface area contributed by atoms with Gasteiger partial charge in [0.05, 0.1) is 0 Å². The normalized spacial score (nSPS) is 27.5. The second kappa shape index (κ2) is 2.67. The van der Waals surface area contributed by atoms with Crippen molar-refractivity contribution < 1.29 is 9.90 Å². The van der Waals surface area contributed by atoms with Gasteiger partial charge in [0, 0.05) is 25.8 Å². The smallest absolute Gasteiger partial charge is 0.353 e. The highest BCUT2D eigenvalue weighted by Crippen LogP contribution is 2.11. The van der Waals surface area contributed by atoms with E-state index in [1.807, 2.05) is 4.90 Å². The highest BCUT2D eigenvalue weighted by molar-refractivity contribution is 5.86. The molecule has 0 bridgehead atoms. The molecule has 2 rings (SSSR count). The van der Waals surface area contributed by atoms with Gasteiger partial charge in [0.25, 0.3) is 0 Å². The number of nitrogens with zero attached hydrogens (tertiary/aromatic N) is 1. The van der Waals surface area contributed by atoms with Crippen LogP contribution < -0.4 is 10.6 Å². The van der Waals surface area contributed by atoms with Crippen LogP contribution in [0.3, 0.4) is 0 Å². The Morgan fingerprint density at radius 2 is 2.58 bits per heavy atom. The average molecular weight is 169 g/mol. The minimum Gasteiger partial charge on any atom is -0.477 e. The first-order valence-electron chi connectivity index (χ1n) is 3.95. The summed E-state index contributed by atoms with van der Waals surface area (Å²) in [4.78, 5) is 12.6. The molecule has 1 atom stereocenters. The van der Waals surface area contributed by atoms with Crippen LogP contribution >= 0.6 is 0 Å². The molecular formula is C7H11N3O2. The maximum atomic E-state index is 10.6. The molecule has 2 aliphatic rings. The van der Waals surface area contributed by atoms with Crippen molar-refractivity contribution in [1.82, 2.24) is 15.5 Å². The third-order valence-corrected chi connectivity index (χ3v) is 2.13. The number of carboxylic acids is 1. The fourth-order valence-corrected chi connectivity index (χ4v) is 1.51. The zero-order chi connectivity index (χ0) is 8.55. The van der Waals surface area contributed by atoms with Crippen LogP contribution in [0.25, 0.3) is 0 Å². The minimum atomic E-state index is -0.885. The van der Waals surface area contributed by atoms with Crippen LogP contribution in [0.2, 0.25) is 0 Å². The molecule has 0 aliphatic carbocycles. The Bertz CT molecular complexity index is 239. The van der Waals surface area contributed by atoms with Crippen molar-refractivity contribution >= 4 is 5.97 Å². The van der Waals surface area contributed by atoms with Crippen molar-refractivity contribution in [3.8, 4) is 0 Å². The van der Waals surface area contributed by atoms with Crippen LogP contribution in [0, 0.1) is 0 Å². The van der Waals surface area contributed by atoms with E-state index in [0.29, 0.717) is 5.70 Å². The Hall–Kier alpha value is -1.23. The van der Waals surface area contributed by atoms with E-state index in [1.165, 1.54) is 0 Å². The molecular weight excluding hydrogens is 158 g/mol. The van der Waals surface area contributed by atoms with Crippen LogP contribution in [-0.2, 0) is 4.79 Å². The van der Waals surface area contributed by atoms with Gasteiger partial charge in [-0.25, -0.2) is 4.79 Å². The standard InChI is InChI=1S/C7H11N3O2/c11-7(12)5-4-10-2-1-8-3-6(10)9-5/h4,6,8-9H,1-3H2,(H,11,12). The highest BCUT2D eigenvalue weighted by atomic mass is 16.4. The number of rotatable bonds is 1. The largest absolute Gasteiger partial charge is 0.477 e. The van der Waals surface area contributed by atoms with Gasteiger partial charge < -0.3 is 20.6 Å². The molecule has 0 aromatic rings. The predicted molar refractivity (Wildman–Crippen MR) is 42.2 cm³/mol. The van der Waals surface area contributed by atoms with Gasteiger partial charge in [-0.1, -0.05) is 0 Å². The Labute approximate surface area is 70.0 Å². The Morgan fingerprint density at radius 3 is 3.25 bits per heavy atom. The van der Waals surface area contributed by atoms with Crippen molar-refractivity contribution in [2.75, 3.05) is 19.6 Å². The van der Waals surface area contributed by atoms with E-state index in [2.05, 4.69) is 10.6 Å². The summed E-state index contributed by atoms with van der Waals surface area (Å²) in [6.45, 7) is 2.59. The van der Waals surface area contributed by atoms with Crippen LogP contribution in [0.4, 0.5) is 0 Å². The molecule has 0 aromatic heterocycles. The lowest BCUT2D eigenvalue weighted by Gasteiger charge is -2.30. The van der Waals surface area contributed by atoms with E-state index in [-0.39, 0.29) is 6.17 Å². The summed E-state index contributed by atoms with van der Waals surface area (Å²) in [5.41, 5.74) is 0.295. The summed E-state index contributed by atoms with van der Waals surface area (Å²) in [6, 6.07) is 0. The summed E-state index contributed by atoms with van der Waals surface area (Å²) < 4.78 is 0. The Morgan fingerprint density at radius 1 is 1.75 bits per heavy atom. The van der Waals surface area contributed by atoms with Gasteiger partial charge in [-0.3, -0.25) is 0 Å². The number of hydrogen-bond donors (Lipinski definition) is 3. The molecule has 5 nitrogen and oxygen atoms in total. The number of piperazine rings is 1. The quantitative estimate of drug-likeness (QED) is 0.457. The minimum absolute atomic E-state index is 0.129. The zero-order valence-corrected chi connectivity index (χ0v) is 6.58. The van der Waals surface area contributed by atoms with Crippen LogP contribution in [0.1, 0.15) is 0 Å². The third kappa shape index (κ3) is 1.12. The second-order valence-electron chi connectivity index (χ2n) is 2.95. The molecule has 1 fully saturated rings. The first-order valence-corrected chi connectivity index (χ1v) is 3.95. The molecule has 0 aromatic carbocycles. The molecule has 66 valence electrons. The van der Waals surface area contributed by atoms with E-state index in [0.717, 1.165) is 19.6 Å². The molecule has 2 heterocycles. The maximum Gasteiger partial charge on any atom is 0.353 e. The molecule has 3 N–H and O–H groups in total. The number of nitrogens with one attached hydrogen (secondary N) is 2. The number of carbonyl (C=O) groups is 1. The van der Waals surface area contributed by atoms with Gasteiger partial charge in [0.15, 0.2) is 0 Å². The summed E-state index contributed by atoms with van der Waals surface area (Å²) in [7, 11) is 0. The van der Waals surface area contributed by atoms with Crippen molar-refractivity contribution in [3.63, 3.8) is 0 Å². The van der Waals surface area contributed by atoms with Crippen LogP contribution in [0.5, 0.6) is 0 Å². The summed E-state index contributed by atoms with van der Waals surface area (Å²) in [6.07, 6.45) is 1.80. The van der Waals surface area contributed by atoms with Crippen molar-refractivity contribution in [2.45, 2.75) is 6.17 Å². The van der Waals surface area contributed by atoms with Crippen molar-refractivity contribution in [2.24, 2.45) is 0 Å². The van der Waals surface area contributed by atoms with Gasteiger partial charge in [0.2, 0.25) is 0 Å². The highest BCUT2D eigenvalue weighted by Gasteiger charge is 2.28. The van der Waals surface area contributed by atoms with Gasteiger partial charge in [-0.15, -0.1) is 0 Å². The third-order valence-electron chi connectivity index (χ3n) is 2.13. The van der Waals surface area contributed by atoms with Crippen LogP contribution in [-0.4, -0.2) is 41.8 Å². The van der Waals surface area contributed by atoms with Gasteiger partial charge >= 0.3 is 5.97 Å². The monoisotopic (exact) mass is 169 g/mol. The van der Waals surface area contributed by atoms with Crippen LogP contribution in [0.15, 0.2) is 11.9 Å². The zero-order valence-electron chi connectivity index (χ0n) is 6.58. The lowest BCUT2D eigenvalue weighted by molar-refractivity contribution is -0.133. The van der Waals surface area contributed by atoms with Crippen molar-refractivity contribution in [1.29, 1.82) is 0 Å². The molecule has 0 spiro atoms. The lowest BCUT2D eigenvalue weighted by Crippen LogP contribution is -2.51. The van der Waals surface area contributed by atoms with E-state index >= 15 is 0 Å². The number of fused-ring (bicyclic) bond motifs is 1. The molecule has 0 radical (unpaired) electrons. The predicted octanol–water partition coefficient (Wildman–Crippen LogP) is -1.25. The molecule has 1 saturated heterocycles. The maximum absolute atomic E-state index is 10.6. The fraction of sp³-hybridized carbons (Fsp3) is 0.571. The van der Waals surface area contributed by atoms with Gasteiger partial charge in [-0.2, -0.15) is 0 Å². The summed E-state index contributed by atoms with van der Waals surface area (Å²) in [5.74, 6) is -0.885. The molecule has 1 unspecified atom stereocenters. The first-order chi connectivity index (χ1) is 5.77. The topological polar surface area (TPSA) is 64.6 Å². The SMILES string of the molecule is O=C(O)C1=CN2CCNCC2N1. The van der Waals surface area contributed by atoms with Gasteiger partial charge in [-0.05, 0) is 0 Å². The molecule has 12 heavy (non-hydrogen) atoms. The first kappa shape index (κ1) is 7.42. The number of hydrogen-bond acceptors (Lipinski definition) is 4. The Kier molecular flexibility index (Phi) is 1.65. The molecule has 2 aliphatic heterocycles. The molecule has 0 amide bonds. The fourth-order valence-electron chi connectivity index (χ4n) is 1.51. The molecule has 5 heteroatoms. The lowest BCUT2D eigenvalue weighted by atomic mass is 10.3. The second-order valence-corrected chi connectivity index (χ2v) is 2.95. The molecule has 0 saturated carbocycles. The number of carboxylic acid groups (broad SMARTS) is 1. The van der Waals surface area contributed by atoms with E-state index in [9.17, 15) is 4.79 Å². The average Bonchev–Trinajstić information content (AvgIpc) is 2.46. The van der Waals surface area contributed by atoms with E-state index in [4.69, 9.17) is 5.11 Å².